The number of hydrogen-bond donors (Lipinski definition) is 0. The number of rotatable bonds is 4. The van der Waals surface area contributed by atoms with Crippen LogP contribution in [0.25, 0.3) is 10.6 Å². The summed E-state index contributed by atoms with van der Waals surface area (Å²) in [5.74, 6) is 0.317. The van der Waals surface area contributed by atoms with E-state index in [0.717, 1.165) is 45.6 Å². The number of benzene rings is 1. The van der Waals surface area contributed by atoms with E-state index >= 15 is 0 Å². The smallest absolute Gasteiger partial charge is 0.265 e. The van der Waals surface area contributed by atoms with Gasteiger partial charge in [-0.25, -0.2) is 9.37 Å². The molecule has 2 unspecified atom stereocenters. The lowest BCUT2D eigenvalue weighted by atomic mass is 9.95. The van der Waals surface area contributed by atoms with Gasteiger partial charge in [-0.3, -0.25) is 9.69 Å². The number of piperidine rings is 1. The molecular weight excluding hydrogens is 389 g/mol. The Morgan fingerprint density at radius 2 is 1.90 bits per heavy atom. The maximum atomic E-state index is 14.0. The summed E-state index contributed by atoms with van der Waals surface area (Å²) in [5.41, 5.74) is 0.448. The van der Waals surface area contributed by atoms with Gasteiger partial charge in [-0.1, -0.05) is 12.1 Å². The summed E-state index contributed by atoms with van der Waals surface area (Å²) < 4.78 is 19.8. The summed E-state index contributed by atoms with van der Waals surface area (Å²) in [4.78, 5) is 22.2. The van der Waals surface area contributed by atoms with Crippen LogP contribution in [0, 0.1) is 11.7 Å². The van der Waals surface area contributed by atoms with Crippen molar-refractivity contribution < 1.29 is 13.9 Å². The second-order valence-electron chi connectivity index (χ2n) is 8.22. The molecule has 0 aliphatic carbocycles. The van der Waals surface area contributed by atoms with Crippen molar-refractivity contribution in [2.75, 3.05) is 32.7 Å². The van der Waals surface area contributed by atoms with Crippen molar-refractivity contribution in [3.05, 3.63) is 41.2 Å². The molecule has 0 N–H and O–H groups in total. The van der Waals surface area contributed by atoms with E-state index in [1.54, 1.807) is 24.4 Å². The fraction of sp³-hybridized carbons (Fsp3) is 0.545. The van der Waals surface area contributed by atoms with Gasteiger partial charge in [0.1, 0.15) is 15.7 Å². The van der Waals surface area contributed by atoms with E-state index < -0.39 is 0 Å². The molecule has 4 rings (SSSR count). The molecule has 0 spiro atoms. The Morgan fingerprint density at radius 3 is 2.59 bits per heavy atom. The summed E-state index contributed by atoms with van der Waals surface area (Å²) in [7, 11) is 0. The number of ether oxygens (including phenoxy) is 1. The maximum absolute atomic E-state index is 14.0. The number of halogens is 1. The van der Waals surface area contributed by atoms with Crippen molar-refractivity contribution in [2.24, 2.45) is 5.92 Å². The highest BCUT2D eigenvalue weighted by Crippen LogP contribution is 2.29. The van der Waals surface area contributed by atoms with Gasteiger partial charge in [0, 0.05) is 38.3 Å². The Balaban J connectivity index is 1.32. The van der Waals surface area contributed by atoms with E-state index in [1.807, 2.05) is 4.90 Å². The molecule has 2 atom stereocenters. The third-order valence-corrected chi connectivity index (χ3v) is 6.75. The number of amides is 1. The normalized spacial score (nSPS) is 24.0. The number of thiazole rings is 1. The van der Waals surface area contributed by atoms with E-state index in [4.69, 9.17) is 4.74 Å². The van der Waals surface area contributed by atoms with Crippen LogP contribution in [-0.4, -0.2) is 65.6 Å². The fourth-order valence-corrected chi connectivity index (χ4v) is 5.32. The third-order valence-electron chi connectivity index (χ3n) is 5.73. The van der Waals surface area contributed by atoms with Crippen LogP contribution in [0.2, 0.25) is 0 Å². The predicted octanol–water partition coefficient (Wildman–Crippen LogP) is 3.91. The number of carbonyl (C=O) groups excluding carboxylic acids is 1. The van der Waals surface area contributed by atoms with Crippen LogP contribution in [0.4, 0.5) is 4.39 Å². The van der Waals surface area contributed by atoms with Crippen LogP contribution in [0.15, 0.2) is 30.5 Å². The molecule has 156 valence electrons. The standard InChI is InChI=1S/C22H28FN3O2S/c1-15-12-25(13-16(2)28-15)14-17-7-9-26(10-8-17)22(27)20-11-24-21(29-20)18-5-3-4-6-19(18)23/h3-6,11,15-17H,7-10,12-14H2,1-2H3. The van der Waals surface area contributed by atoms with Gasteiger partial charge in [-0.05, 0) is 44.7 Å². The van der Waals surface area contributed by atoms with Gasteiger partial charge in [0.25, 0.3) is 5.91 Å². The second kappa shape index (κ2) is 8.90. The number of hydrogen-bond acceptors (Lipinski definition) is 5. The first-order valence-corrected chi connectivity index (χ1v) is 11.2. The molecule has 2 saturated heterocycles. The van der Waals surface area contributed by atoms with E-state index in [-0.39, 0.29) is 23.9 Å². The topological polar surface area (TPSA) is 45.7 Å². The zero-order valence-electron chi connectivity index (χ0n) is 17.0. The van der Waals surface area contributed by atoms with E-state index in [1.165, 1.54) is 17.4 Å². The molecular formula is C22H28FN3O2S. The lowest BCUT2D eigenvalue weighted by Gasteiger charge is -2.39. The summed E-state index contributed by atoms with van der Waals surface area (Å²) in [5, 5.41) is 0.553. The molecule has 5 nitrogen and oxygen atoms in total. The lowest BCUT2D eigenvalue weighted by Crippen LogP contribution is -2.48. The van der Waals surface area contributed by atoms with E-state index in [0.29, 0.717) is 21.4 Å². The highest BCUT2D eigenvalue weighted by molar-refractivity contribution is 7.16. The molecule has 2 aromatic rings. The van der Waals surface area contributed by atoms with Crippen LogP contribution < -0.4 is 0 Å². The summed E-state index contributed by atoms with van der Waals surface area (Å²) in [6, 6.07) is 6.54. The zero-order chi connectivity index (χ0) is 20.4. The largest absolute Gasteiger partial charge is 0.373 e. The van der Waals surface area contributed by atoms with Gasteiger partial charge in [0.15, 0.2) is 0 Å². The van der Waals surface area contributed by atoms with Crippen molar-refractivity contribution in [2.45, 2.75) is 38.9 Å². The molecule has 7 heteroatoms. The van der Waals surface area contributed by atoms with E-state index in [2.05, 4.69) is 23.7 Å². The zero-order valence-corrected chi connectivity index (χ0v) is 17.8. The molecule has 29 heavy (non-hydrogen) atoms. The van der Waals surface area contributed by atoms with Crippen molar-refractivity contribution in [1.29, 1.82) is 0 Å². The highest BCUT2D eigenvalue weighted by atomic mass is 32.1. The molecule has 2 fully saturated rings. The molecule has 2 aliphatic heterocycles. The Bertz CT molecular complexity index is 840. The van der Waals surface area contributed by atoms with Gasteiger partial charge < -0.3 is 9.64 Å². The Hall–Kier alpha value is -1.83. The molecule has 0 saturated carbocycles. The maximum Gasteiger partial charge on any atom is 0.265 e. The molecule has 0 bridgehead atoms. The number of morpholine rings is 1. The molecule has 1 aromatic carbocycles. The van der Waals surface area contributed by atoms with Crippen LogP contribution in [0.5, 0.6) is 0 Å². The average Bonchev–Trinajstić information content (AvgIpc) is 3.17. The summed E-state index contributed by atoms with van der Waals surface area (Å²) >= 11 is 1.27. The van der Waals surface area contributed by atoms with Gasteiger partial charge >= 0.3 is 0 Å². The minimum Gasteiger partial charge on any atom is -0.373 e. The number of likely N-dealkylation sites (tertiary alicyclic amines) is 1. The fourth-order valence-electron chi connectivity index (χ4n) is 4.41. The molecule has 1 amide bonds. The average molecular weight is 418 g/mol. The van der Waals surface area contributed by atoms with Crippen LogP contribution in [-0.2, 0) is 4.74 Å². The van der Waals surface area contributed by atoms with Gasteiger partial charge in [-0.15, -0.1) is 11.3 Å². The lowest BCUT2D eigenvalue weighted by molar-refractivity contribution is -0.0728. The Labute approximate surface area is 175 Å². The molecule has 2 aliphatic rings. The van der Waals surface area contributed by atoms with Crippen LogP contribution in [0.3, 0.4) is 0 Å². The van der Waals surface area contributed by atoms with Crippen LogP contribution >= 0.6 is 11.3 Å². The first kappa shape index (κ1) is 20.4. The molecule has 0 radical (unpaired) electrons. The minimum absolute atomic E-state index is 0.0113. The second-order valence-corrected chi connectivity index (χ2v) is 9.25. The van der Waals surface area contributed by atoms with Crippen LogP contribution in [0.1, 0.15) is 36.4 Å². The van der Waals surface area contributed by atoms with Gasteiger partial charge in [-0.2, -0.15) is 0 Å². The molecule has 1 aromatic heterocycles. The number of carbonyl (C=O) groups is 1. The van der Waals surface area contributed by atoms with E-state index in [9.17, 15) is 9.18 Å². The third kappa shape index (κ3) is 4.85. The highest BCUT2D eigenvalue weighted by Gasteiger charge is 2.29. The summed E-state index contributed by atoms with van der Waals surface area (Å²) in [6.07, 6.45) is 4.19. The quantitative estimate of drug-likeness (QED) is 0.757. The molecule has 3 heterocycles. The van der Waals surface area contributed by atoms with Crippen molar-refractivity contribution >= 4 is 17.2 Å². The first-order chi connectivity index (χ1) is 14.0. The minimum atomic E-state index is -0.312. The monoisotopic (exact) mass is 417 g/mol. The predicted molar refractivity (Wildman–Crippen MR) is 113 cm³/mol. The number of nitrogens with zero attached hydrogens (tertiary/aromatic N) is 3. The number of aromatic nitrogens is 1. The SMILES string of the molecule is CC1CN(CC2CCN(C(=O)c3cnc(-c4ccccc4F)s3)CC2)CC(C)O1. The Morgan fingerprint density at radius 1 is 1.21 bits per heavy atom. The Kier molecular flexibility index (Phi) is 6.27. The van der Waals surface area contributed by atoms with Gasteiger partial charge in [0.2, 0.25) is 0 Å². The summed E-state index contributed by atoms with van der Waals surface area (Å²) in [6.45, 7) is 8.87. The van der Waals surface area contributed by atoms with Crippen molar-refractivity contribution in [3.63, 3.8) is 0 Å². The van der Waals surface area contributed by atoms with Crippen molar-refractivity contribution in [1.82, 2.24) is 14.8 Å². The van der Waals surface area contributed by atoms with Gasteiger partial charge in [0.05, 0.1) is 18.4 Å². The first-order valence-electron chi connectivity index (χ1n) is 10.4. The van der Waals surface area contributed by atoms with Crippen molar-refractivity contribution in [3.8, 4) is 10.6 Å².